The molecule has 0 aliphatic carbocycles. The fourth-order valence-electron chi connectivity index (χ4n) is 2.51. The van der Waals surface area contributed by atoms with E-state index in [1.165, 1.54) is 0 Å². The van der Waals surface area contributed by atoms with Gasteiger partial charge in [-0.05, 0) is 73.7 Å². The van der Waals surface area contributed by atoms with Crippen molar-refractivity contribution in [1.82, 2.24) is 0 Å². The second-order valence-electron chi connectivity index (χ2n) is 6.36. The van der Waals surface area contributed by atoms with Crippen LogP contribution in [0.5, 0.6) is 5.75 Å². The molecule has 0 spiro atoms. The lowest BCUT2D eigenvalue weighted by Gasteiger charge is -2.15. The van der Waals surface area contributed by atoms with Crippen LogP contribution in [0.2, 0.25) is 10.0 Å². The summed E-state index contributed by atoms with van der Waals surface area (Å²) in [6.45, 7) is 1.65. The van der Waals surface area contributed by atoms with Gasteiger partial charge < -0.3 is 15.4 Å². The van der Waals surface area contributed by atoms with E-state index in [-0.39, 0.29) is 11.8 Å². The monoisotopic (exact) mass is 506 g/mol. The van der Waals surface area contributed by atoms with E-state index in [0.717, 1.165) is 4.47 Å². The molecular formula is C22H17BrCl2N2O3. The molecule has 0 radical (unpaired) electrons. The van der Waals surface area contributed by atoms with Crippen molar-refractivity contribution in [2.75, 3.05) is 10.6 Å². The SMILES string of the molecule is CC(Oc1ccc(C(=O)Nc2cc(Cl)ccc2Cl)cc1)C(=O)Nc1ccc(Br)cc1. The van der Waals surface area contributed by atoms with Crippen molar-refractivity contribution in [2.24, 2.45) is 0 Å². The molecule has 0 fully saturated rings. The molecule has 5 nitrogen and oxygen atoms in total. The van der Waals surface area contributed by atoms with E-state index in [1.807, 2.05) is 12.1 Å². The van der Waals surface area contributed by atoms with E-state index < -0.39 is 6.10 Å². The van der Waals surface area contributed by atoms with Crippen LogP contribution in [0, 0.1) is 0 Å². The lowest BCUT2D eigenvalue weighted by molar-refractivity contribution is -0.122. The molecule has 0 aliphatic rings. The van der Waals surface area contributed by atoms with Gasteiger partial charge >= 0.3 is 0 Å². The minimum atomic E-state index is -0.724. The number of anilines is 2. The third-order valence-corrected chi connectivity index (χ3v) is 5.18. The molecule has 0 aromatic heterocycles. The molecule has 3 aromatic carbocycles. The van der Waals surface area contributed by atoms with Gasteiger partial charge in [-0.3, -0.25) is 9.59 Å². The fraction of sp³-hybridized carbons (Fsp3) is 0.0909. The number of hydrogen-bond acceptors (Lipinski definition) is 3. The zero-order chi connectivity index (χ0) is 21.7. The van der Waals surface area contributed by atoms with Gasteiger partial charge in [0, 0.05) is 20.7 Å². The van der Waals surface area contributed by atoms with E-state index in [9.17, 15) is 9.59 Å². The van der Waals surface area contributed by atoms with E-state index in [2.05, 4.69) is 26.6 Å². The molecule has 2 amide bonds. The van der Waals surface area contributed by atoms with Crippen LogP contribution in [0.15, 0.2) is 71.2 Å². The summed E-state index contributed by atoms with van der Waals surface area (Å²) in [6, 6.07) is 18.5. The van der Waals surface area contributed by atoms with Crippen LogP contribution >= 0.6 is 39.1 Å². The van der Waals surface area contributed by atoms with Crippen molar-refractivity contribution in [3.05, 3.63) is 86.8 Å². The number of rotatable bonds is 6. The van der Waals surface area contributed by atoms with Crippen LogP contribution in [-0.2, 0) is 4.79 Å². The lowest BCUT2D eigenvalue weighted by Crippen LogP contribution is -2.30. The quantitative estimate of drug-likeness (QED) is 0.404. The number of carbonyl (C=O) groups excluding carboxylic acids is 2. The van der Waals surface area contributed by atoms with Crippen LogP contribution in [-0.4, -0.2) is 17.9 Å². The number of carbonyl (C=O) groups is 2. The van der Waals surface area contributed by atoms with Gasteiger partial charge in [0.2, 0.25) is 0 Å². The first-order chi connectivity index (χ1) is 14.3. The maximum atomic E-state index is 12.4. The van der Waals surface area contributed by atoms with E-state index in [0.29, 0.717) is 32.7 Å². The Morgan fingerprint density at radius 2 is 1.60 bits per heavy atom. The van der Waals surface area contributed by atoms with Crippen LogP contribution in [0.1, 0.15) is 17.3 Å². The highest BCUT2D eigenvalue weighted by Gasteiger charge is 2.16. The van der Waals surface area contributed by atoms with Gasteiger partial charge in [-0.1, -0.05) is 39.1 Å². The molecule has 1 unspecified atom stereocenters. The number of nitrogens with one attached hydrogen (secondary N) is 2. The number of hydrogen-bond donors (Lipinski definition) is 2. The van der Waals surface area contributed by atoms with Gasteiger partial charge in [0.25, 0.3) is 11.8 Å². The Morgan fingerprint density at radius 1 is 0.933 bits per heavy atom. The topological polar surface area (TPSA) is 67.4 Å². The molecule has 0 saturated carbocycles. The minimum absolute atomic E-state index is 0.283. The highest BCUT2D eigenvalue weighted by molar-refractivity contribution is 9.10. The molecule has 8 heteroatoms. The van der Waals surface area contributed by atoms with Gasteiger partial charge in [0.15, 0.2) is 6.10 Å². The van der Waals surface area contributed by atoms with Crippen molar-refractivity contribution in [2.45, 2.75) is 13.0 Å². The zero-order valence-electron chi connectivity index (χ0n) is 15.8. The Morgan fingerprint density at radius 3 is 2.27 bits per heavy atom. The molecule has 154 valence electrons. The largest absolute Gasteiger partial charge is 0.481 e. The van der Waals surface area contributed by atoms with Crippen molar-refractivity contribution in [3.63, 3.8) is 0 Å². The normalized spacial score (nSPS) is 11.5. The molecular weight excluding hydrogens is 491 g/mol. The Hall–Kier alpha value is -2.54. The standard InChI is InChI=1S/C22H17BrCl2N2O3/c1-13(21(28)26-17-7-4-15(23)5-8-17)30-18-9-2-14(3-10-18)22(29)27-20-12-16(24)6-11-19(20)25/h2-13H,1H3,(H,26,28)(H,27,29). The van der Waals surface area contributed by atoms with E-state index in [4.69, 9.17) is 27.9 Å². The summed E-state index contributed by atoms with van der Waals surface area (Å²) >= 11 is 15.4. The molecule has 30 heavy (non-hydrogen) atoms. The van der Waals surface area contributed by atoms with Gasteiger partial charge in [0.1, 0.15) is 5.75 Å². The number of benzene rings is 3. The van der Waals surface area contributed by atoms with Crippen molar-refractivity contribution in [1.29, 1.82) is 0 Å². The van der Waals surface area contributed by atoms with Crippen molar-refractivity contribution < 1.29 is 14.3 Å². The maximum Gasteiger partial charge on any atom is 0.265 e. The van der Waals surface area contributed by atoms with Crippen LogP contribution in [0.4, 0.5) is 11.4 Å². The van der Waals surface area contributed by atoms with Crippen LogP contribution in [0.3, 0.4) is 0 Å². The minimum Gasteiger partial charge on any atom is -0.481 e. The third-order valence-electron chi connectivity index (χ3n) is 4.09. The second kappa shape index (κ2) is 9.98. The first-order valence-electron chi connectivity index (χ1n) is 8.91. The average Bonchev–Trinajstić information content (AvgIpc) is 2.72. The Balaban J connectivity index is 1.59. The summed E-state index contributed by atoms with van der Waals surface area (Å²) in [5.74, 6) is -0.160. The first kappa shape index (κ1) is 22.2. The summed E-state index contributed by atoms with van der Waals surface area (Å²) in [5, 5.41) is 6.35. The Kier molecular flexibility index (Phi) is 7.37. The summed E-state index contributed by atoms with van der Waals surface area (Å²) in [7, 11) is 0. The molecule has 0 saturated heterocycles. The van der Waals surface area contributed by atoms with E-state index in [1.54, 1.807) is 61.5 Å². The third kappa shape index (κ3) is 5.98. The first-order valence-corrected chi connectivity index (χ1v) is 10.5. The lowest BCUT2D eigenvalue weighted by atomic mass is 10.2. The van der Waals surface area contributed by atoms with Crippen LogP contribution in [0.25, 0.3) is 0 Å². The smallest absolute Gasteiger partial charge is 0.265 e. The predicted molar refractivity (Wildman–Crippen MR) is 124 cm³/mol. The number of halogens is 3. The van der Waals surface area contributed by atoms with Gasteiger partial charge in [0.05, 0.1) is 10.7 Å². The average molecular weight is 508 g/mol. The molecule has 0 aliphatic heterocycles. The summed E-state index contributed by atoms with van der Waals surface area (Å²) < 4.78 is 6.59. The summed E-state index contributed by atoms with van der Waals surface area (Å²) in [4.78, 5) is 24.7. The Bertz CT molecular complexity index is 1060. The molecule has 0 bridgehead atoms. The van der Waals surface area contributed by atoms with E-state index >= 15 is 0 Å². The number of amides is 2. The van der Waals surface area contributed by atoms with Crippen molar-refractivity contribution in [3.8, 4) is 5.75 Å². The molecule has 3 aromatic rings. The van der Waals surface area contributed by atoms with Gasteiger partial charge in [-0.25, -0.2) is 0 Å². The molecule has 3 rings (SSSR count). The molecule has 2 N–H and O–H groups in total. The van der Waals surface area contributed by atoms with Crippen LogP contribution < -0.4 is 15.4 Å². The summed E-state index contributed by atoms with van der Waals surface area (Å²) in [5.41, 5.74) is 1.50. The van der Waals surface area contributed by atoms with Crippen molar-refractivity contribution >= 4 is 62.3 Å². The predicted octanol–water partition coefficient (Wildman–Crippen LogP) is 6.41. The highest BCUT2D eigenvalue weighted by atomic mass is 79.9. The zero-order valence-corrected chi connectivity index (χ0v) is 18.9. The number of ether oxygens (including phenoxy) is 1. The highest BCUT2D eigenvalue weighted by Crippen LogP contribution is 2.26. The van der Waals surface area contributed by atoms with Gasteiger partial charge in [-0.15, -0.1) is 0 Å². The van der Waals surface area contributed by atoms with Gasteiger partial charge in [-0.2, -0.15) is 0 Å². The second-order valence-corrected chi connectivity index (χ2v) is 8.12. The summed E-state index contributed by atoms with van der Waals surface area (Å²) in [6.07, 6.45) is -0.724. The Labute approximate surface area is 192 Å². The molecule has 1 atom stereocenters. The maximum absolute atomic E-state index is 12.4. The molecule has 0 heterocycles. The fourth-order valence-corrected chi connectivity index (χ4v) is 3.11.